The van der Waals surface area contributed by atoms with E-state index in [2.05, 4.69) is 0 Å². The second kappa shape index (κ2) is 7.72. The maximum Gasteiger partial charge on any atom is 0.180 e. The summed E-state index contributed by atoms with van der Waals surface area (Å²) in [5.41, 5.74) is 0. The molecule has 0 radical (unpaired) electrons. The van der Waals surface area contributed by atoms with Gasteiger partial charge in [-0.25, -0.2) is 0 Å². The van der Waals surface area contributed by atoms with Gasteiger partial charge in [0.1, 0.15) is 0 Å². The van der Waals surface area contributed by atoms with E-state index in [-0.39, 0.29) is 6.29 Å². The van der Waals surface area contributed by atoms with Crippen molar-refractivity contribution < 1.29 is 8.37 Å². The van der Waals surface area contributed by atoms with E-state index in [0.29, 0.717) is 0 Å². The highest BCUT2D eigenvalue weighted by atomic mass is 32.2. The molecule has 0 spiro atoms. The molecule has 0 aromatic heterocycles. The number of hydrogen-bond acceptors (Lipinski definition) is 4. The molecule has 62 valence electrons. The minimum Gasteiger partial charge on any atom is -0.283 e. The second-order valence-electron chi connectivity index (χ2n) is 1.57. The lowest BCUT2D eigenvalue weighted by molar-refractivity contribution is 0.0610. The van der Waals surface area contributed by atoms with Crippen LogP contribution in [-0.2, 0) is 8.37 Å². The first-order valence-electron chi connectivity index (χ1n) is 3.37. The van der Waals surface area contributed by atoms with Crippen LogP contribution < -0.4 is 0 Å². The van der Waals surface area contributed by atoms with Crippen LogP contribution in [0.1, 0.15) is 20.8 Å². The molecular weight excluding hydrogens is 168 g/mol. The maximum atomic E-state index is 5.17. The standard InChI is InChI=1S/C6H14O2S2/c1-4-9-7-6(3)8-10-5-2/h6H,4-5H2,1-3H3. The van der Waals surface area contributed by atoms with Crippen LogP contribution in [0.2, 0.25) is 0 Å². The van der Waals surface area contributed by atoms with E-state index in [1.807, 2.05) is 20.8 Å². The molecule has 4 heteroatoms. The molecule has 0 saturated carbocycles. The SMILES string of the molecule is CCSOC(C)OSCC. The quantitative estimate of drug-likeness (QED) is 0.464. The minimum absolute atomic E-state index is 0.102. The Morgan fingerprint density at radius 2 is 1.50 bits per heavy atom. The minimum atomic E-state index is -0.102. The molecule has 0 bridgehead atoms. The molecule has 0 fully saturated rings. The molecule has 0 aliphatic rings. The van der Waals surface area contributed by atoms with Gasteiger partial charge in [-0.3, -0.25) is 8.37 Å². The van der Waals surface area contributed by atoms with Gasteiger partial charge in [-0.15, -0.1) is 0 Å². The monoisotopic (exact) mass is 182 g/mol. The van der Waals surface area contributed by atoms with Gasteiger partial charge in [-0.2, -0.15) is 0 Å². The summed E-state index contributed by atoms with van der Waals surface area (Å²) in [6.45, 7) is 5.99. The average Bonchev–Trinajstić information content (AvgIpc) is 1.97. The molecule has 0 N–H and O–H groups in total. The summed E-state index contributed by atoms with van der Waals surface area (Å²) in [7, 11) is 0. The van der Waals surface area contributed by atoms with Gasteiger partial charge in [0, 0.05) is 11.5 Å². The van der Waals surface area contributed by atoms with E-state index in [9.17, 15) is 0 Å². The molecule has 0 aliphatic carbocycles. The first-order chi connectivity index (χ1) is 4.81. The summed E-state index contributed by atoms with van der Waals surface area (Å²) < 4.78 is 10.3. The summed E-state index contributed by atoms with van der Waals surface area (Å²) in [5, 5.41) is 0. The van der Waals surface area contributed by atoms with E-state index >= 15 is 0 Å². The largest absolute Gasteiger partial charge is 0.283 e. The van der Waals surface area contributed by atoms with Gasteiger partial charge in [0.2, 0.25) is 0 Å². The van der Waals surface area contributed by atoms with Crippen molar-refractivity contribution in [3.63, 3.8) is 0 Å². The first-order valence-corrected chi connectivity index (χ1v) is 5.20. The van der Waals surface area contributed by atoms with Gasteiger partial charge in [-0.1, -0.05) is 13.8 Å². The summed E-state index contributed by atoms with van der Waals surface area (Å²) >= 11 is 2.86. The lowest BCUT2D eigenvalue weighted by atomic mass is 10.8. The molecule has 0 rings (SSSR count). The van der Waals surface area contributed by atoms with Crippen LogP contribution in [0.15, 0.2) is 0 Å². The Kier molecular flexibility index (Phi) is 8.20. The maximum absolute atomic E-state index is 5.17. The molecule has 10 heavy (non-hydrogen) atoms. The Balaban J connectivity index is 3.00. The van der Waals surface area contributed by atoms with Gasteiger partial charge in [0.15, 0.2) is 6.29 Å². The molecule has 0 saturated heterocycles. The summed E-state index contributed by atoms with van der Waals surface area (Å²) in [4.78, 5) is 0. The molecule has 0 aliphatic heterocycles. The van der Waals surface area contributed by atoms with E-state index in [4.69, 9.17) is 8.37 Å². The zero-order chi connectivity index (χ0) is 7.82. The molecule has 0 aromatic rings. The molecule has 2 nitrogen and oxygen atoms in total. The van der Waals surface area contributed by atoms with Crippen molar-refractivity contribution in [1.82, 2.24) is 0 Å². The summed E-state index contributed by atoms with van der Waals surface area (Å²) in [5.74, 6) is 1.93. The Morgan fingerprint density at radius 3 is 1.80 bits per heavy atom. The summed E-state index contributed by atoms with van der Waals surface area (Å²) in [6, 6.07) is 0. The molecular formula is C6H14O2S2. The summed E-state index contributed by atoms with van der Waals surface area (Å²) in [6.07, 6.45) is -0.102. The highest BCUT2D eigenvalue weighted by molar-refractivity contribution is 7.95. The average molecular weight is 182 g/mol. The fraction of sp³-hybridized carbons (Fsp3) is 1.00. The Hall–Kier alpha value is 0.620. The van der Waals surface area contributed by atoms with Gasteiger partial charge < -0.3 is 0 Å². The predicted molar refractivity (Wildman–Crippen MR) is 47.9 cm³/mol. The van der Waals surface area contributed by atoms with Crippen molar-refractivity contribution >= 4 is 24.1 Å². The lowest BCUT2D eigenvalue weighted by Gasteiger charge is -2.09. The van der Waals surface area contributed by atoms with Crippen LogP contribution in [0.5, 0.6) is 0 Å². The van der Waals surface area contributed by atoms with E-state index in [0.717, 1.165) is 11.5 Å². The van der Waals surface area contributed by atoms with Gasteiger partial charge >= 0.3 is 0 Å². The van der Waals surface area contributed by atoms with Crippen LogP contribution >= 0.6 is 24.1 Å². The van der Waals surface area contributed by atoms with Crippen molar-refractivity contribution in [1.29, 1.82) is 0 Å². The van der Waals surface area contributed by atoms with Crippen LogP contribution in [0.4, 0.5) is 0 Å². The predicted octanol–water partition coefficient (Wildman–Crippen LogP) is 2.70. The van der Waals surface area contributed by atoms with Gasteiger partial charge in [0.25, 0.3) is 0 Å². The third-order valence-corrected chi connectivity index (χ3v) is 1.93. The van der Waals surface area contributed by atoms with Crippen LogP contribution in [0.25, 0.3) is 0 Å². The van der Waals surface area contributed by atoms with Crippen molar-refractivity contribution in [3.05, 3.63) is 0 Å². The molecule has 0 aromatic carbocycles. The lowest BCUT2D eigenvalue weighted by Crippen LogP contribution is -2.04. The molecule has 0 amide bonds. The van der Waals surface area contributed by atoms with E-state index in [1.54, 1.807) is 0 Å². The third kappa shape index (κ3) is 6.74. The molecule has 0 heterocycles. The molecule has 0 unspecified atom stereocenters. The zero-order valence-electron chi connectivity index (χ0n) is 6.62. The normalized spacial score (nSPS) is 10.8. The van der Waals surface area contributed by atoms with E-state index in [1.165, 1.54) is 24.1 Å². The van der Waals surface area contributed by atoms with E-state index < -0.39 is 0 Å². The van der Waals surface area contributed by atoms with Crippen LogP contribution in [-0.4, -0.2) is 17.8 Å². The first kappa shape index (κ1) is 10.6. The molecule has 0 atom stereocenters. The fourth-order valence-corrected chi connectivity index (χ4v) is 1.13. The van der Waals surface area contributed by atoms with Crippen LogP contribution in [0, 0.1) is 0 Å². The fourth-order valence-electron chi connectivity index (χ4n) is 0.344. The topological polar surface area (TPSA) is 18.5 Å². The van der Waals surface area contributed by atoms with Crippen molar-refractivity contribution in [2.75, 3.05) is 11.5 Å². The van der Waals surface area contributed by atoms with Gasteiger partial charge in [0.05, 0.1) is 0 Å². The smallest absolute Gasteiger partial charge is 0.180 e. The highest BCUT2D eigenvalue weighted by Gasteiger charge is 2.00. The van der Waals surface area contributed by atoms with Crippen LogP contribution in [0.3, 0.4) is 0 Å². The second-order valence-corrected chi connectivity index (χ2v) is 3.58. The van der Waals surface area contributed by atoms with Crippen molar-refractivity contribution in [3.8, 4) is 0 Å². The third-order valence-electron chi connectivity index (χ3n) is 0.643. The van der Waals surface area contributed by atoms with Crippen molar-refractivity contribution in [2.45, 2.75) is 27.1 Å². The Morgan fingerprint density at radius 1 is 1.10 bits per heavy atom. The Bertz CT molecular complexity index is 62.8. The number of hydrogen-bond donors (Lipinski definition) is 0. The van der Waals surface area contributed by atoms with Gasteiger partial charge in [-0.05, 0) is 31.0 Å². The highest BCUT2D eigenvalue weighted by Crippen LogP contribution is 2.12. The number of rotatable bonds is 6. The zero-order valence-corrected chi connectivity index (χ0v) is 8.26. The Labute approximate surface area is 71.5 Å². The van der Waals surface area contributed by atoms with Crippen molar-refractivity contribution in [2.24, 2.45) is 0 Å².